The van der Waals surface area contributed by atoms with Crippen molar-refractivity contribution in [2.45, 2.75) is 16.9 Å². The average Bonchev–Trinajstić information content (AvgIpc) is 2.71. The molecule has 0 aromatic heterocycles. The van der Waals surface area contributed by atoms with Crippen LogP contribution in [0.4, 0.5) is 0 Å². The number of hydrogen-bond acceptors (Lipinski definition) is 0. The molecule has 0 saturated carbocycles. The Kier molecular flexibility index (Phi) is 1.92. The van der Waals surface area contributed by atoms with E-state index < -0.39 is 0 Å². The second-order valence-electron chi connectivity index (χ2n) is 4.75. The minimum atomic E-state index is 0.755. The zero-order valence-electron chi connectivity index (χ0n) is 8.82. The third-order valence-corrected chi connectivity index (χ3v) is 10.3. The van der Waals surface area contributed by atoms with Crippen LogP contribution in [0.25, 0.3) is 0 Å². The summed E-state index contributed by atoms with van der Waals surface area (Å²) in [7, 11) is 1.54. The Hall–Kier alpha value is -0.0800. The van der Waals surface area contributed by atoms with Gasteiger partial charge in [0.1, 0.15) is 0 Å². The summed E-state index contributed by atoms with van der Waals surface area (Å²) in [6.07, 6.45) is 1.41. The number of hydrogen-bond donors (Lipinski definition) is 0. The maximum atomic E-state index is 2.41. The molecule has 2 bridgehead atoms. The predicted molar refractivity (Wildman–Crippen MR) is 70.9 cm³/mol. The molecule has 0 spiro atoms. The topological polar surface area (TPSA) is 0 Å². The van der Waals surface area contributed by atoms with Crippen LogP contribution in [0.5, 0.6) is 0 Å². The molecule has 2 atom stereocenters. The summed E-state index contributed by atoms with van der Waals surface area (Å²) in [6, 6.07) is 9.27. The van der Waals surface area contributed by atoms with E-state index >= 15 is 0 Å². The van der Waals surface area contributed by atoms with E-state index in [1.807, 2.05) is 0 Å². The van der Waals surface area contributed by atoms with Gasteiger partial charge in [-0.15, -0.1) is 0 Å². The molecule has 1 aromatic rings. The molecule has 3 aliphatic heterocycles. The van der Waals surface area contributed by atoms with Gasteiger partial charge in [-0.2, -0.15) is 0 Å². The van der Waals surface area contributed by atoms with Crippen LogP contribution in [-0.4, -0.2) is 28.3 Å². The van der Waals surface area contributed by atoms with E-state index in [2.05, 4.69) is 24.3 Å². The molecule has 78 valence electrons. The second kappa shape index (κ2) is 3.21. The normalized spacial score (nSPS) is 41.3. The van der Waals surface area contributed by atoms with E-state index in [-0.39, 0.29) is 0 Å². The quantitative estimate of drug-likeness (QED) is 0.604. The van der Waals surface area contributed by atoms with Crippen LogP contribution in [0.15, 0.2) is 24.3 Å². The van der Waals surface area contributed by atoms with Crippen molar-refractivity contribution in [3.8, 4) is 0 Å². The molecule has 0 N–H and O–H groups in total. The van der Waals surface area contributed by atoms with Gasteiger partial charge in [-0.05, 0) is 5.56 Å². The first-order valence-electron chi connectivity index (χ1n) is 5.84. The lowest BCUT2D eigenvalue weighted by molar-refractivity contribution is 0.868. The van der Waals surface area contributed by atoms with Gasteiger partial charge in [-0.1, -0.05) is 24.3 Å². The summed E-state index contributed by atoms with van der Waals surface area (Å²) in [5.41, 5.74) is 3.43. The van der Waals surface area contributed by atoms with Gasteiger partial charge >= 0.3 is 0 Å². The highest BCUT2D eigenvalue weighted by Crippen LogP contribution is 2.48. The van der Waals surface area contributed by atoms with Gasteiger partial charge in [-0.25, -0.2) is 0 Å². The zero-order valence-corrected chi connectivity index (χ0v) is 10.4. The predicted octanol–water partition coefficient (Wildman–Crippen LogP) is 1.92. The smallest absolute Gasteiger partial charge is 0.0620 e. The Morgan fingerprint density at radius 2 is 1.67 bits per heavy atom. The molecular formula is C13H16S2+2. The van der Waals surface area contributed by atoms with Crippen LogP contribution in [0.1, 0.15) is 16.4 Å². The third kappa shape index (κ3) is 1.18. The first-order valence-corrected chi connectivity index (χ1v) is 9.09. The fourth-order valence-corrected chi connectivity index (χ4v) is 11.3. The van der Waals surface area contributed by atoms with Crippen LogP contribution in [0, 0.1) is 0 Å². The Morgan fingerprint density at radius 1 is 0.933 bits per heavy atom. The summed E-state index contributed by atoms with van der Waals surface area (Å²) >= 11 is 0. The van der Waals surface area contributed by atoms with Gasteiger partial charge in [0.2, 0.25) is 0 Å². The summed E-state index contributed by atoms with van der Waals surface area (Å²) in [4.78, 5) is 0. The van der Waals surface area contributed by atoms with Crippen LogP contribution in [0.2, 0.25) is 0 Å². The molecule has 0 radical (unpaired) electrons. The van der Waals surface area contributed by atoms with E-state index in [1.54, 1.807) is 34.1 Å². The van der Waals surface area contributed by atoms with Crippen molar-refractivity contribution >= 4 is 21.8 Å². The lowest BCUT2D eigenvalue weighted by Gasteiger charge is -2.32. The van der Waals surface area contributed by atoms with Gasteiger partial charge in [-0.3, -0.25) is 0 Å². The molecule has 0 unspecified atom stereocenters. The van der Waals surface area contributed by atoms with E-state index in [1.165, 1.54) is 6.42 Å². The van der Waals surface area contributed by atoms with Gasteiger partial charge in [0, 0.05) is 33.8 Å². The SMILES string of the molecule is c1ccc2c(c1)C[C@H]1[C@@H]2[S+]2CC[S+]1CC2. The first kappa shape index (κ1) is 9.00. The molecule has 3 fully saturated rings. The first-order chi connectivity index (χ1) is 7.43. The van der Waals surface area contributed by atoms with Gasteiger partial charge in [0.15, 0.2) is 33.5 Å². The molecule has 0 amide bonds. The number of fused-ring (bicyclic) bond motifs is 3. The minimum Gasteiger partial charge on any atom is -0.0620 e. The van der Waals surface area contributed by atoms with E-state index in [0.717, 1.165) is 32.3 Å². The van der Waals surface area contributed by atoms with Gasteiger partial charge < -0.3 is 0 Å². The highest BCUT2D eigenvalue weighted by molar-refractivity contribution is 8.07. The largest absolute Gasteiger partial charge is 0.191 e. The second-order valence-corrected chi connectivity index (χ2v) is 9.65. The summed E-state index contributed by atoms with van der Waals surface area (Å²) in [5.74, 6) is 6.24. The average molecular weight is 236 g/mol. The summed E-state index contributed by atoms with van der Waals surface area (Å²) in [6.45, 7) is 0. The fourth-order valence-electron chi connectivity index (χ4n) is 3.40. The van der Waals surface area contributed by atoms with Crippen molar-refractivity contribution in [2.75, 3.05) is 23.0 Å². The molecule has 3 heterocycles. The van der Waals surface area contributed by atoms with Crippen LogP contribution >= 0.6 is 0 Å². The van der Waals surface area contributed by atoms with E-state index in [9.17, 15) is 0 Å². The Bertz CT molecular complexity index is 393. The molecule has 1 aliphatic carbocycles. The van der Waals surface area contributed by atoms with Gasteiger partial charge in [0.25, 0.3) is 0 Å². The highest BCUT2D eigenvalue weighted by Gasteiger charge is 2.60. The lowest BCUT2D eigenvalue weighted by atomic mass is 10.1. The van der Waals surface area contributed by atoms with Crippen molar-refractivity contribution < 1.29 is 0 Å². The maximum absolute atomic E-state index is 2.41. The molecule has 4 aliphatic rings. The van der Waals surface area contributed by atoms with Crippen molar-refractivity contribution in [3.63, 3.8) is 0 Å². The molecule has 15 heavy (non-hydrogen) atoms. The molecule has 3 saturated heterocycles. The number of benzene rings is 1. The monoisotopic (exact) mass is 236 g/mol. The fraction of sp³-hybridized carbons (Fsp3) is 0.538. The van der Waals surface area contributed by atoms with Crippen molar-refractivity contribution in [2.24, 2.45) is 0 Å². The van der Waals surface area contributed by atoms with E-state index in [4.69, 9.17) is 0 Å². The Labute approximate surface area is 97.2 Å². The van der Waals surface area contributed by atoms with Crippen LogP contribution in [0.3, 0.4) is 0 Å². The third-order valence-electron chi connectivity index (χ3n) is 4.12. The molecular weight excluding hydrogens is 220 g/mol. The Morgan fingerprint density at radius 3 is 2.53 bits per heavy atom. The summed E-state index contributed by atoms with van der Waals surface area (Å²) in [5, 5.41) is 2.06. The molecule has 1 aromatic carbocycles. The molecule has 2 heteroatoms. The van der Waals surface area contributed by atoms with Crippen molar-refractivity contribution in [1.82, 2.24) is 0 Å². The van der Waals surface area contributed by atoms with Crippen LogP contribution in [-0.2, 0) is 28.2 Å². The Balaban J connectivity index is 1.83. The van der Waals surface area contributed by atoms with E-state index in [0.29, 0.717) is 0 Å². The van der Waals surface area contributed by atoms with Crippen molar-refractivity contribution in [1.29, 1.82) is 0 Å². The van der Waals surface area contributed by atoms with Crippen LogP contribution < -0.4 is 0 Å². The van der Waals surface area contributed by atoms with Gasteiger partial charge in [0.05, 0.1) is 0 Å². The lowest BCUT2D eigenvalue weighted by Crippen LogP contribution is -2.50. The molecule has 0 nitrogen and oxygen atoms in total. The molecule has 5 rings (SSSR count). The highest BCUT2D eigenvalue weighted by atomic mass is 32.2. The summed E-state index contributed by atoms with van der Waals surface area (Å²) < 4.78 is 0. The maximum Gasteiger partial charge on any atom is 0.191 e. The zero-order chi connectivity index (χ0) is 9.83. The number of rotatable bonds is 0. The minimum absolute atomic E-state index is 0.755. The standard InChI is InChI=1S/C13H16S2/c1-2-4-11-10(3-1)9-12-13(11)15-7-5-14(12)6-8-15/h1-4,12-13H,5-9H2/q+2/t12-,13+,14?,15?/m0/s1. The van der Waals surface area contributed by atoms with Crippen molar-refractivity contribution in [3.05, 3.63) is 35.4 Å².